The Hall–Kier alpha value is -3.17. The van der Waals surface area contributed by atoms with Crippen LogP contribution in [-0.4, -0.2) is 19.2 Å². The largest absolute Gasteiger partial charge is 0.458 e. The van der Waals surface area contributed by atoms with Crippen LogP contribution in [0.5, 0.6) is 0 Å². The number of esters is 1. The number of hydrogen-bond acceptors (Lipinski definition) is 3. The zero-order chi connectivity index (χ0) is 18.5. The van der Waals surface area contributed by atoms with E-state index in [0.29, 0.717) is 6.61 Å². The van der Waals surface area contributed by atoms with Gasteiger partial charge in [-0.2, -0.15) is 0 Å². The quantitative estimate of drug-likeness (QED) is 0.483. The van der Waals surface area contributed by atoms with Crippen molar-refractivity contribution in [2.45, 2.75) is 5.60 Å². The predicted molar refractivity (Wildman–Crippen MR) is 104 cm³/mol. The van der Waals surface area contributed by atoms with Crippen LogP contribution in [0.25, 0.3) is 0 Å². The molecule has 0 radical (unpaired) electrons. The van der Waals surface area contributed by atoms with Gasteiger partial charge in [-0.15, -0.1) is 0 Å². The van der Waals surface area contributed by atoms with E-state index in [1.165, 1.54) is 6.08 Å². The molecule has 1 aliphatic rings. The van der Waals surface area contributed by atoms with Crippen molar-refractivity contribution in [3.63, 3.8) is 0 Å². The molecule has 0 N–H and O–H groups in total. The zero-order valence-corrected chi connectivity index (χ0v) is 14.9. The molecule has 0 amide bonds. The number of rotatable bonds is 6. The van der Waals surface area contributed by atoms with Crippen LogP contribution in [-0.2, 0) is 19.9 Å². The van der Waals surface area contributed by atoms with Crippen molar-refractivity contribution >= 4 is 5.97 Å². The number of ether oxygens (including phenoxy) is 2. The normalized spacial score (nSPS) is 13.9. The van der Waals surface area contributed by atoms with Crippen LogP contribution < -0.4 is 0 Å². The van der Waals surface area contributed by atoms with Crippen LogP contribution in [0.3, 0.4) is 0 Å². The molecule has 3 nitrogen and oxygen atoms in total. The lowest BCUT2D eigenvalue weighted by molar-refractivity contribution is -0.135. The van der Waals surface area contributed by atoms with Gasteiger partial charge in [-0.3, -0.25) is 0 Å². The fraction of sp³-hybridized carbons (Fsp3) is 0.125. The van der Waals surface area contributed by atoms with Crippen molar-refractivity contribution in [2.24, 2.45) is 0 Å². The van der Waals surface area contributed by atoms with Gasteiger partial charge in [0.25, 0.3) is 0 Å². The van der Waals surface area contributed by atoms with E-state index in [0.717, 1.165) is 22.3 Å². The van der Waals surface area contributed by atoms with Crippen molar-refractivity contribution in [2.75, 3.05) is 13.2 Å². The van der Waals surface area contributed by atoms with E-state index >= 15 is 0 Å². The van der Waals surface area contributed by atoms with Crippen LogP contribution in [0.4, 0.5) is 0 Å². The number of hydrogen-bond donors (Lipinski definition) is 0. The molecule has 27 heavy (non-hydrogen) atoms. The summed E-state index contributed by atoms with van der Waals surface area (Å²) in [6.07, 6.45) is 1.52. The number of carbonyl (C=O) groups excluding carboxylic acids is 1. The van der Waals surface area contributed by atoms with Crippen molar-refractivity contribution < 1.29 is 14.3 Å². The van der Waals surface area contributed by atoms with E-state index in [9.17, 15) is 4.79 Å². The summed E-state index contributed by atoms with van der Waals surface area (Å²) >= 11 is 0. The summed E-state index contributed by atoms with van der Waals surface area (Å²) in [6.45, 7) is 0.595. The fourth-order valence-corrected chi connectivity index (χ4v) is 3.47. The van der Waals surface area contributed by atoms with Crippen molar-refractivity contribution in [3.05, 3.63) is 119 Å². The van der Waals surface area contributed by atoms with Gasteiger partial charge in [0.2, 0.25) is 0 Å². The molecule has 3 heteroatoms. The molecular weight excluding hydrogens is 336 g/mol. The molecule has 134 valence electrons. The molecule has 1 aliphatic heterocycles. The Morgan fingerprint density at radius 3 is 1.56 bits per heavy atom. The minimum Gasteiger partial charge on any atom is -0.458 e. The van der Waals surface area contributed by atoms with Crippen molar-refractivity contribution in [1.82, 2.24) is 0 Å². The second-order valence-electron chi connectivity index (χ2n) is 6.48. The van der Waals surface area contributed by atoms with Gasteiger partial charge in [0, 0.05) is 6.08 Å². The first-order valence-corrected chi connectivity index (χ1v) is 8.96. The van der Waals surface area contributed by atoms with Gasteiger partial charge in [-0.25, -0.2) is 4.79 Å². The summed E-state index contributed by atoms with van der Waals surface area (Å²) in [4.78, 5) is 11.4. The Labute approximate surface area is 158 Å². The number of carbonyl (C=O) groups is 1. The Morgan fingerprint density at radius 1 is 0.741 bits per heavy atom. The smallest absolute Gasteiger partial charge is 0.331 e. The third-order valence-electron chi connectivity index (χ3n) is 4.74. The SMILES string of the molecule is O=C1C=C(COC(c2ccccc2)(c2ccccc2)c2ccccc2)CO1. The van der Waals surface area contributed by atoms with Gasteiger partial charge < -0.3 is 9.47 Å². The van der Waals surface area contributed by atoms with Gasteiger partial charge >= 0.3 is 5.97 Å². The van der Waals surface area contributed by atoms with Crippen LogP contribution in [0.1, 0.15) is 16.7 Å². The summed E-state index contributed by atoms with van der Waals surface area (Å²) in [5.74, 6) is -0.307. The molecule has 1 heterocycles. The fourth-order valence-electron chi connectivity index (χ4n) is 3.47. The van der Waals surface area contributed by atoms with Gasteiger partial charge in [-0.1, -0.05) is 91.0 Å². The molecule has 0 aliphatic carbocycles. The highest BCUT2D eigenvalue weighted by Gasteiger charge is 2.37. The lowest BCUT2D eigenvalue weighted by Crippen LogP contribution is -2.33. The lowest BCUT2D eigenvalue weighted by atomic mass is 9.80. The van der Waals surface area contributed by atoms with E-state index in [2.05, 4.69) is 36.4 Å². The highest BCUT2D eigenvalue weighted by Crippen LogP contribution is 2.40. The van der Waals surface area contributed by atoms with E-state index < -0.39 is 5.60 Å². The summed E-state index contributed by atoms with van der Waals surface area (Å²) in [5.41, 5.74) is 3.16. The van der Waals surface area contributed by atoms with E-state index in [1.54, 1.807) is 0 Å². The lowest BCUT2D eigenvalue weighted by Gasteiger charge is -2.36. The summed E-state index contributed by atoms with van der Waals surface area (Å²) in [5, 5.41) is 0. The van der Waals surface area contributed by atoms with Crippen LogP contribution >= 0.6 is 0 Å². The Kier molecular flexibility index (Phi) is 4.86. The van der Waals surface area contributed by atoms with Crippen LogP contribution in [0.15, 0.2) is 103 Å². The highest BCUT2D eigenvalue weighted by molar-refractivity contribution is 5.85. The maximum atomic E-state index is 11.4. The molecule has 0 atom stereocenters. The zero-order valence-electron chi connectivity index (χ0n) is 14.9. The molecule has 3 aromatic rings. The molecule has 0 bridgehead atoms. The summed E-state index contributed by atoms with van der Waals surface area (Å²) in [6, 6.07) is 30.5. The second kappa shape index (κ2) is 7.60. The molecular formula is C24H20O3. The Balaban J connectivity index is 1.86. The van der Waals surface area contributed by atoms with Crippen LogP contribution in [0, 0.1) is 0 Å². The predicted octanol–water partition coefficient (Wildman–Crippen LogP) is 4.48. The topological polar surface area (TPSA) is 35.5 Å². The Bertz CT molecular complexity index is 834. The first-order valence-electron chi connectivity index (χ1n) is 8.96. The summed E-state index contributed by atoms with van der Waals surface area (Å²) in [7, 11) is 0. The first-order chi connectivity index (χ1) is 13.3. The molecule has 3 aromatic carbocycles. The van der Waals surface area contributed by atoms with Gasteiger partial charge in [0.15, 0.2) is 0 Å². The van der Waals surface area contributed by atoms with E-state index in [4.69, 9.17) is 9.47 Å². The monoisotopic (exact) mass is 356 g/mol. The molecule has 0 spiro atoms. The summed E-state index contributed by atoms with van der Waals surface area (Å²) < 4.78 is 11.7. The third kappa shape index (κ3) is 3.42. The first kappa shape index (κ1) is 17.3. The minimum atomic E-state index is -0.781. The molecule has 0 aromatic heterocycles. The van der Waals surface area contributed by atoms with Crippen molar-refractivity contribution in [1.29, 1.82) is 0 Å². The van der Waals surface area contributed by atoms with Crippen LogP contribution in [0.2, 0.25) is 0 Å². The van der Waals surface area contributed by atoms with Gasteiger partial charge in [0.05, 0.1) is 6.61 Å². The Morgan fingerprint density at radius 2 is 1.19 bits per heavy atom. The average Bonchev–Trinajstić information content (AvgIpc) is 3.16. The van der Waals surface area contributed by atoms with Gasteiger partial charge in [-0.05, 0) is 22.3 Å². The second-order valence-corrected chi connectivity index (χ2v) is 6.48. The minimum absolute atomic E-state index is 0.285. The molecule has 4 rings (SSSR count). The highest BCUT2D eigenvalue weighted by atomic mass is 16.5. The molecule has 0 saturated heterocycles. The maximum Gasteiger partial charge on any atom is 0.331 e. The van der Waals surface area contributed by atoms with E-state index in [1.807, 2.05) is 54.6 Å². The molecule has 0 fully saturated rings. The molecule has 0 saturated carbocycles. The van der Waals surface area contributed by atoms with Crippen molar-refractivity contribution in [3.8, 4) is 0 Å². The van der Waals surface area contributed by atoms with Gasteiger partial charge in [0.1, 0.15) is 12.2 Å². The standard InChI is InChI=1S/C24H20O3/c25-23-16-19(17-26-23)18-27-24(20-10-4-1-5-11-20,21-12-6-2-7-13-21)22-14-8-3-9-15-22/h1-16H,17-18H2. The maximum absolute atomic E-state index is 11.4. The molecule has 0 unspecified atom stereocenters. The average molecular weight is 356 g/mol. The van der Waals surface area contributed by atoms with E-state index in [-0.39, 0.29) is 12.6 Å². The third-order valence-corrected chi connectivity index (χ3v) is 4.74. The number of benzene rings is 3. The number of cyclic esters (lactones) is 1.